The van der Waals surface area contributed by atoms with Crippen LogP contribution in [0, 0.1) is 0 Å². The standard InChI is InChI=1S/C26H26Cl2N4O4/c1-26(2)23(32(35)24(33)29-20-11-6-9-18(27)14-20)31(21-12-7-10-19(28)15-21)25(34)30(26)16-17-8-4-5-13-22(17)36-3/h4-15,23,35H,16H2,1-3H3,(H,29,33). The van der Waals surface area contributed by atoms with Gasteiger partial charge in [-0.3, -0.25) is 10.1 Å². The van der Waals surface area contributed by atoms with Crippen molar-refractivity contribution >= 4 is 46.6 Å². The summed E-state index contributed by atoms with van der Waals surface area (Å²) in [5.74, 6) is 0.624. The van der Waals surface area contributed by atoms with Crippen molar-refractivity contribution in [3.8, 4) is 5.75 Å². The summed E-state index contributed by atoms with van der Waals surface area (Å²) in [5, 5.41) is 15.2. The van der Waals surface area contributed by atoms with Crippen molar-refractivity contribution in [3.63, 3.8) is 0 Å². The number of nitrogens with zero attached hydrogens (tertiary/aromatic N) is 3. The predicted molar refractivity (Wildman–Crippen MR) is 140 cm³/mol. The molecule has 10 heteroatoms. The molecule has 1 aliphatic heterocycles. The van der Waals surface area contributed by atoms with Gasteiger partial charge in [0.25, 0.3) is 0 Å². The normalized spacial score (nSPS) is 16.7. The first-order valence-corrected chi connectivity index (χ1v) is 11.9. The number of rotatable bonds is 6. The highest BCUT2D eigenvalue weighted by Crippen LogP contribution is 2.40. The maximum atomic E-state index is 13.9. The number of benzene rings is 3. The summed E-state index contributed by atoms with van der Waals surface area (Å²) in [6.45, 7) is 3.75. The zero-order valence-electron chi connectivity index (χ0n) is 20.0. The largest absolute Gasteiger partial charge is 0.496 e. The fourth-order valence-electron chi connectivity index (χ4n) is 4.36. The predicted octanol–water partition coefficient (Wildman–Crippen LogP) is 6.47. The first kappa shape index (κ1) is 25.6. The lowest BCUT2D eigenvalue weighted by Crippen LogP contribution is -2.58. The fourth-order valence-corrected chi connectivity index (χ4v) is 4.73. The molecule has 2 N–H and O–H groups in total. The van der Waals surface area contributed by atoms with Gasteiger partial charge in [0.2, 0.25) is 0 Å². The van der Waals surface area contributed by atoms with Crippen LogP contribution in [-0.2, 0) is 6.54 Å². The summed E-state index contributed by atoms with van der Waals surface area (Å²) in [5.41, 5.74) is 0.568. The highest BCUT2D eigenvalue weighted by Gasteiger charge is 2.56. The van der Waals surface area contributed by atoms with Crippen molar-refractivity contribution in [1.82, 2.24) is 9.96 Å². The van der Waals surface area contributed by atoms with Gasteiger partial charge in [-0.1, -0.05) is 53.5 Å². The molecule has 36 heavy (non-hydrogen) atoms. The number of halogens is 2. The Hall–Kier alpha value is -3.46. The van der Waals surface area contributed by atoms with Crippen LogP contribution in [0.3, 0.4) is 0 Å². The number of methoxy groups -OCH3 is 1. The minimum absolute atomic E-state index is 0.188. The number of urea groups is 2. The Bertz CT molecular complexity index is 1290. The number of ether oxygens (including phenoxy) is 1. The van der Waals surface area contributed by atoms with Crippen molar-refractivity contribution in [2.45, 2.75) is 32.1 Å². The third kappa shape index (κ3) is 4.93. The van der Waals surface area contributed by atoms with E-state index in [-0.39, 0.29) is 6.54 Å². The number of anilines is 2. The molecule has 0 aliphatic carbocycles. The first-order valence-electron chi connectivity index (χ1n) is 11.2. The van der Waals surface area contributed by atoms with Crippen LogP contribution >= 0.6 is 23.2 Å². The minimum Gasteiger partial charge on any atom is -0.496 e. The van der Waals surface area contributed by atoms with Gasteiger partial charge in [-0.2, -0.15) is 5.06 Å². The van der Waals surface area contributed by atoms with Crippen LogP contribution in [0.5, 0.6) is 5.75 Å². The van der Waals surface area contributed by atoms with E-state index in [0.717, 1.165) is 5.56 Å². The van der Waals surface area contributed by atoms with E-state index < -0.39 is 23.8 Å². The zero-order valence-corrected chi connectivity index (χ0v) is 21.5. The number of hydrogen-bond donors (Lipinski definition) is 2. The summed E-state index contributed by atoms with van der Waals surface area (Å²) < 4.78 is 5.47. The Morgan fingerprint density at radius 3 is 2.39 bits per heavy atom. The molecule has 1 heterocycles. The zero-order chi connectivity index (χ0) is 26.0. The second-order valence-corrected chi connectivity index (χ2v) is 9.72. The molecule has 188 valence electrons. The van der Waals surface area contributed by atoms with Gasteiger partial charge in [-0.25, -0.2) is 9.59 Å². The molecule has 4 amide bonds. The number of amides is 4. The van der Waals surface area contributed by atoms with Crippen molar-refractivity contribution in [2.24, 2.45) is 0 Å². The van der Waals surface area contributed by atoms with E-state index in [4.69, 9.17) is 27.9 Å². The number of nitrogens with one attached hydrogen (secondary N) is 1. The molecule has 0 saturated carbocycles. The molecule has 1 unspecified atom stereocenters. The Balaban J connectivity index is 1.73. The number of carbonyl (C=O) groups excluding carboxylic acids is 2. The molecule has 0 aromatic heterocycles. The summed E-state index contributed by atoms with van der Waals surface area (Å²) >= 11 is 12.3. The van der Waals surface area contributed by atoms with Gasteiger partial charge in [-0.05, 0) is 56.3 Å². The van der Waals surface area contributed by atoms with Crippen molar-refractivity contribution < 1.29 is 19.5 Å². The monoisotopic (exact) mass is 528 g/mol. The molecule has 1 fully saturated rings. The van der Waals surface area contributed by atoms with Gasteiger partial charge in [0.15, 0.2) is 6.17 Å². The Morgan fingerprint density at radius 1 is 1.06 bits per heavy atom. The Kier molecular flexibility index (Phi) is 7.31. The number of carbonyl (C=O) groups is 2. The molecule has 1 aliphatic rings. The summed E-state index contributed by atoms with van der Waals surface area (Å²) in [7, 11) is 1.56. The molecule has 0 spiro atoms. The van der Waals surface area contributed by atoms with Gasteiger partial charge in [-0.15, -0.1) is 0 Å². The van der Waals surface area contributed by atoms with Gasteiger partial charge in [0, 0.05) is 27.0 Å². The molecule has 1 atom stereocenters. The molecule has 3 aromatic carbocycles. The quantitative estimate of drug-likeness (QED) is 0.283. The van der Waals surface area contributed by atoms with E-state index in [2.05, 4.69) is 5.32 Å². The maximum absolute atomic E-state index is 13.9. The smallest absolute Gasteiger partial charge is 0.347 e. The van der Waals surface area contributed by atoms with Gasteiger partial charge < -0.3 is 15.0 Å². The van der Waals surface area contributed by atoms with Gasteiger partial charge in [0.1, 0.15) is 5.75 Å². The number of para-hydroxylation sites is 1. The van der Waals surface area contributed by atoms with Crippen LogP contribution in [0.2, 0.25) is 10.0 Å². The highest BCUT2D eigenvalue weighted by molar-refractivity contribution is 6.31. The molecule has 8 nitrogen and oxygen atoms in total. The van der Waals surface area contributed by atoms with E-state index in [1.54, 1.807) is 74.4 Å². The number of hydroxylamine groups is 2. The second kappa shape index (κ2) is 10.3. The minimum atomic E-state index is -1.10. The average Bonchev–Trinajstić information content (AvgIpc) is 3.04. The van der Waals surface area contributed by atoms with E-state index in [1.165, 1.54) is 4.90 Å². The topological polar surface area (TPSA) is 85.3 Å². The molecule has 4 rings (SSSR count). The lowest BCUT2D eigenvalue weighted by atomic mass is 9.99. The highest BCUT2D eigenvalue weighted by atomic mass is 35.5. The Labute approximate surface area is 219 Å². The molecular weight excluding hydrogens is 503 g/mol. The fraction of sp³-hybridized carbons (Fsp3) is 0.231. The van der Waals surface area contributed by atoms with E-state index in [0.29, 0.717) is 32.2 Å². The van der Waals surface area contributed by atoms with Crippen LogP contribution in [0.1, 0.15) is 19.4 Å². The third-order valence-electron chi connectivity index (χ3n) is 6.13. The van der Waals surface area contributed by atoms with Crippen LogP contribution in [0.15, 0.2) is 72.8 Å². The van der Waals surface area contributed by atoms with Crippen LogP contribution in [-0.4, -0.2) is 46.0 Å². The van der Waals surface area contributed by atoms with Crippen molar-refractivity contribution in [3.05, 3.63) is 88.4 Å². The van der Waals surface area contributed by atoms with E-state index in [1.807, 2.05) is 24.3 Å². The van der Waals surface area contributed by atoms with E-state index >= 15 is 0 Å². The number of hydrogen-bond acceptors (Lipinski definition) is 4. The lowest BCUT2D eigenvalue weighted by molar-refractivity contribution is -0.0955. The molecule has 0 bridgehead atoms. The van der Waals surface area contributed by atoms with Crippen LogP contribution in [0.25, 0.3) is 0 Å². The maximum Gasteiger partial charge on any atom is 0.347 e. The van der Waals surface area contributed by atoms with E-state index in [9.17, 15) is 14.8 Å². The summed E-state index contributed by atoms with van der Waals surface area (Å²) in [6.07, 6.45) is -1.10. The van der Waals surface area contributed by atoms with Crippen molar-refractivity contribution in [2.75, 3.05) is 17.3 Å². The Morgan fingerprint density at radius 2 is 1.72 bits per heavy atom. The third-order valence-corrected chi connectivity index (χ3v) is 6.60. The molecule has 0 radical (unpaired) electrons. The van der Waals surface area contributed by atoms with Gasteiger partial charge in [0.05, 0.1) is 19.2 Å². The molecule has 3 aromatic rings. The molecular formula is C26H26Cl2N4O4. The average molecular weight is 529 g/mol. The summed E-state index contributed by atoms with van der Waals surface area (Å²) in [4.78, 5) is 29.9. The second-order valence-electron chi connectivity index (χ2n) is 8.84. The summed E-state index contributed by atoms with van der Waals surface area (Å²) in [6, 6.07) is 19.4. The van der Waals surface area contributed by atoms with Crippen molar-refractivity contribution in [1.29, 1.82) is 0 Å². The SMILES string of the molecule is COc1ccccc1CN1C(=O)N(c2cccc(Cl)c2)C(N(O)C(=O)Nc2cccc(Cl)c2)C1(C)C. The first-order chi connectivity index (χ1) is 17.1. The van der Waals surface area contributed by atoms with Crippen LogP contribution in [0.4, 0.5) is 21.0 Å². The van der Waals surface area contributed by atoms with Gasteiger partial charge >= 0.3 is 12.1 Å². The lowest BCUT2D eigenvalue weighted by Gasteiger charge is -2.38. The molecule has 1 saturated heterocycles. The van der Waals surface area contributed by atoms with Crippen LogP contribution < -0.4 is 15.0 Å².